The molecule has 0 aliphatic carbocycles. The Morgan fingerprint density at radius 1 is 1.38 bits per heavy atom. The van der Waals surface area contributed by atoms with Gasteiger partial charge in [-0.15, -0.1) is 0 Å². The lowest BCUT2D eigenvalue weighted by molar-refractivity contribution is -0.141. The Labute approximate surface area is 135 Å². The molecule has 1 aromatic carbocycles. The van der Waals surface area contributed by atoms with Crippen LogP contribution in [0.3, 0.4) is 0 Å². The first-order chi connectivity index (χ1) is 9.99. The summed E-state index contributed by atoms with van der Waals surface area (Å²) in [6, 6.07) is 8.15. The van der Waals surface area contributed by atoms with Crippen LogP contribution in [0.15, 0.2) is 28.7 Å². The smallest absolute Gasteiger partial charge is 0.306 e. The van der Waals surface area contributed by atoms with Crippen LogP contribution < -0.4 is 10.1 Å². The maximum atomic E-state index is 10.7. The Kier molecular flexibility index (Phi) is 8.38. The highest BCUT2D eigenvalue weighted by molar-refractivity contribution is 9.10. The number of carbonyl (C=O) groups is 1. The SMILES string of the molecule is CC(CCCC(C)C(=O)O)NCCOc1cccc(Br)c1. The summed E-state index contributed by atoms with van der Waals surface area (Å²) in [7, 11) is 0. The fourth-order valence-electron chi connectivity index (χ4n) is 1.99. The highest BCUT2D eigenvalue weighted by Gasteiger charge is 2.10. The summed E-state index contributed by atoms with van der Waals surface area (Å²) in [6.07, 6.45) is 2.64. The second-order valence-corrected chi connectivity index (χ2v) is 6.25. The summed E-state index contributed by atoms with van der Waals surface area (Å²) in [5, 5.41) is 12.2. The van der Waals surface area contributed by atoms with Gasteiger partial charge in [-0.2, -0.15) is 0 Å². The third-order valence-electron chi connectivity index (χ3n) is 3.36. The van der Waals surface area contributed by atoms with Crippen molar-refractivity contribution in [3.8, 4) is 5.75 Å². The molecule has 2 unspecified atom stereocenters. The minimum absolute atomic E-state index is 0.253. The normalized spacial score (nSPS) is 13.7. The van der Waals surface area contributed by atoms with Crippen molar-refractivity contribution < 1.29 is 14.6 Å². The highest BCUT2D eigenvalue weighted by atomic mass is 79.9. The van der Waals surface area contributed by atoms with Gasteiger partial charge in [0, 0.05) is 17.1 Å². The van der Waals surface area contributed by atoms with Crippen molar-refractivity contribution >= 4 is 21.9 Å². The average Bonchev–Trinajstić information content (AvgIpc) is 2.43. The number of hydrogen-bond donors (Lipinski definition) is 2. The van der Waals surface area contributed by atoms with E-state index in [0.29, 0.717) is 12.6 Å². The number of rotatable bonds is 10. The van der Waals surface area contributed by atoms with Gasteiger partial charge in [-0.25, -0.2) is 0 Å². The number of carboxylic acids is 1. The third kappa shape index (κ3) is 8.07. The molecule has 5 heteroatoms. The molecule has 0 heterocycles. The van der Waals surface area contributed by atoms with Crippen molar-refractivity contribution in [1.29, 1.82) is 0 Å². The van der Waals surface area contributed by atoms with E-state index in [4.69, 9.17) is 9.84 Å². The monoisotopic (exact) mass is 357 g/mol. The van der Waals surface area contributed by atoms with Crippen LogP contribution in [0.1, 0.15) is 33.1 Å². The van der Waals surface area contributed by atoms with Crippen molar-refractivity contribution in [3.05, 3.63) is 28.7 Å². The number of halogens is 1. The predicted octanol–water partition coefficient (Wildman–Crippen LogP) is 3.70. The van der Waals surface area contributed by atoms with E-state index in [1.807, 2.05) is 24.3 Å². The van der Waals surface area contributed by atoms with E-state index in [1.165, 1.54) is 0 Å². The van der Waals surface area contributed by atoms with Crippen molar-refractivity contribution in [2.75, 3.05) is 13.2 Å². The second kappa shape index (κ2) is 9.79. The minimum Gasteiger partial charge on any atom is -0.492 e. The molecule has 0 aliphatic rings. The quantitative estimate of drug-likeness (QED) is 0.626. The van der Waals surface area contributed by atoms with Crippen molar-refractivity contribution in [1.82, 2.24) is 5.32 Å². The van der Waals surface area contributed by atoms with Gasteiger partial charge in [0.2, 0.25) is 0 Å². The first-order valence-corrected chi connectivity index (χ1v) is 8.13. The maximum Gasteiger partial charge on any atom is 0.306 e. The zero-order chi connectivity index (χ0) is 15.7. The molecule has 0 aliphatic heterocycles. The molecule has 21 heavy (non-hydrogen) atoms. The van der Waals surface area contributed by atoms with Crippen LogP contribution in [0.5, 0.6) is 5.75 Å². The summed E-state index contributed by atoms with van der Waals surface area (Å²) in [5.41, 5.74) is 0. The van der Waals surface area contributed by atoms with Crippen LogP contribution >= 0.6 is 15.9 Å². The van der Waals surface area contributed by atoms with Crippen LogP contribution in [0.4, 0.5) is 0 Å². The summed E-state index contributed by atoms with van der Waals surface area (Å²) in [5.74, 6) is -0.107. The van der Waals surface area contributed by atoms with E-state index in [-0.39, 0.29) is 5.92 Å². The summed E-state index contributed by atoms with van der Waals surface area (Å²) < 4.78 is 6.65. The molecule has 0 amide bonds. The summed E-state index contributed by atoms with van der Waals surface area (Å²) in [6.45, 7) is 5.27. The van der Waals surface area contributed by atoms with Gasteiger partial charge in [-0.05, 0) is 38.0 Å². The summed E-state index contributed by atoms with van der Waals surface area (Å²) in [4.78, 5) is 10.7. The standard InChI is InChI=1S/C16H24BrNO3/c1-12(16(19)20)5-3-6-13(2)18-9-10-21-15-8-4-7-14(17)11-15/h4,7-8,11-13,18H,3,5-6,9-10H2,1-2H3,(H,19,20). The van der Waals surface area contributed by atoms with Crippen molar-refractivity contribution in [3.63, 3.8) is 0 Å². The van der Waals surface area contributed by atoms with Crippen LogP contribution in [0.25, 0.3) is 0 Å². The van der Waals surface area contributed by atoms with Crippen LogP contribution in [0, 0.1) is 5.92 Å². The Hall–Kier alpha value is -1.07. The van der Waals surface area contributed by atoms with Crippen molar-refractivity contribution in [2.45, 2.75) is 39.2 Å². The van der Waals surface area contributed by atoms with Gasteiger partial charge < -0.3 is 15.2 Å². The average molecular weight is 358 g/mol. The largest absolute Gasteiger partial charge is 0.492 e. The van der Waals surface area contributed by atoms with Crippen molar-refractivity contribution in [2.24, 2.45) is 5.92 Å². The van der Waals surface area contributed by atoms with Gasteiger partial charge in [0.05, 0.1) is 5.92 Å². The zero-order valence-electron chi connectivity index (χ0n) is 12.6. The molecule has 2 N–H and O–H groups in total. The lowest BCUT2D eigenvalue weighted by Crippen LogP contribution is -2.30. The number of nitrogens with one attached hydrogen (secondary N) is 1. The molecule has 2 atom stereocenters. The van der Waals surface area contributed by atoms with E-state index in [1.54, 1.807) is 6.92 Å². The molecule has 0 saturated heterocycles. The summed E-state index contributed by atoms with van der Waals surface area (Å²) >= 11 is 3.41. The fraction of sp³-hybridized carbons (Fsp3) is 0.562. The fourth-order valence-corrected chi connectivity index (χ4v) is 2.36. The van der Waals surface area contributed by atoms with Gasteiger partial charge in [0.1, 0.15) is 12.4 Å². The maximum absolute atomic E-state index is 10.7. The topological polar surface area (TPSA) is 58.6 Å². The van der Waals surface area contributed by atoms with E-state index in [0.717, 1.165) is 36.0 Å². The van der Waals surface area contributed by atoms with Crippen LogP contribution in [-0.2, 0) is 4.79 Å². The Bertz CT molecular complexity index is 439. The first-order valence-electron chi connectivity index (χ1n) is 7.33. The first kappa shape index (κ1) is 18.0. The third-order valence-corrected chi connectivity index (χ3v) is 3.85. The Balaban J connectivity index is 2.08. The van der Waals surface area contributed by atoms with E-state index >= 15 is 0 Å². The number of ether oxygens (including phenoxy) is 1. The number of aliphatic carboxylic acids is 1. The van der Waals surface area contributed by atoms with Gasteiger partial charge in [-0.3, -0.25) is 4.79 Å². The van der Waals surface area contributed by atoms with Crippen LogP contribution in [-0.4, -0.2) is 30.3 Å². The molecule has 4 nitrogen and oxygen atoms in total. The molecule has 118 valence electrons. The van der Waals surface area contributed by atoms with E-state index < -0.39 is 5.97 Å². The van der Waals surface area contributed by atoms with Gasteiger partial charge in [-0.1, -0.05) is 35.3 Å². The molecule has 0 spiro atoms. The highest BCUT2D eigenvalue weighted by Crippen LogP contribution is 2.17. The minimum atomic E-state index is -0.710. The number of hydrogen-bond acceptors (Lipinski definition) is 3. The molecular weight excluding hydrogens is 334 g/mol. The number of carboxylic acid groups (broad SMARTS) is 1. The van der Waals surface area contributed by atoms with Gasteiger partial charge in [0.25, 0.3) is 0 Å². The van der Waals surface area contributed by atoms with Gasteiger partial charge in [0.15, 0.2) is 0 Å². The van der Waals surface area contributed by atoms with E-state index in [2.05, 4.69) is 28.2 Å². The molecule has 0 fully saturated rings. The lowest BCUT2D eigenvalue weighted by atomic mass is 10.0. The van der Waals surface area contributed by atoms with Gasteiger partial charge >= 0.3 is 5.97 Å². The molecule has 0 aromatic heterocycles. The Morgan fingerprint density at radius 3 is 2.81 bits per heavy atom. The Morgan fingerprint density at radius 2 is 2.14 bits per heavy atom. The predicted molar refractivity (Wildman–Crippen MR) is 87.8 cm³/mol. The molecule has 0 saturated carbocycles. The van der Waals surface area contributed by atoms with E-state index in [9.17, 15) is 4.79 Å². The molecule has 1 rings (SSSR count). The molecule has 0 radical (unpaired) electrons. The molecule has 1 aromatic rings. The second-order valence-electron chi connectivity index (χ2n) is 5.33. The molecule has 0 bridgehead atoms. The zero-order valence-corrected chi connectivity index (χ0v) is 14.2. The lowest BCUT2D eigenvalue weighted by Gasteiger charge is -2.15. The van der Waals surface area contributed by atoms with Crippen LogP contribution in [0.2, 0.25) is 0 Å². The molecular formula is C16H24BrNO3. The number of benzene rings is 1.